The number of likely N-dealkylation sites (tertiary alicyclic amines) is 1. The minimum Gasteiger partial charge on any atom is -0.495 e. The Bertz CT molecular complexity index is 1040. The molecular formula is C28H31N3O2. The first-order valence-corrected chi connectivity index (χ1v) is 11.7. The second kappa shape index (κ2) is 9.28. The van der Waals surface area contributed by atoms with E-state index < -0.39 is 0 Å². The molecule has 33 heavy (non-hydrogen) atoms. The molecule has 170 valence electrons. The van der Waals surface area contributed by atoms with Gasteiger partial charge in [-0.05, 0) is 23.3 Å². The molecule has 0 saturated carbocycles. The number of carbonyl (C=O) groups excluding carboxylic acids is 1. The van der Waals surface area contributed by atoms with Crippen LogP contribution in [0, 0.1) is 0 Å². The van der Waals surface area contributed by atoms with Crippen molar-refractivity contribution < 1.29 is 9.53 Å². The summed E-state index contributed by atoms with van der Waals surface area (Å²) in [7, 11) is 1.72. The lowest BCUT2D eigenvalue weighted by Gasteiger charge is -2.38. The third-order valence-electron chi connectivity index (χ3n) is 7.09. The molecule has 2 aliphatic heterocycles. The number of methoxy groups -OCH3 is 1. The molecule has 0 unspecified atom stereocenters. The molecule has 0 radical (unpaired) electrons. The van der Waals surface area contributed by atoms with Crippen LogP contribution in [0.25, 0.3) is 0 Å². The number of rotatable bonds is 6. The summed E-state index contributed by atoms with van der Waals surface area (Å²) in [5.74, 6) is 1.14. The summed E-state index contributed by atoms with van der Waals surface area (Å²) in [6.07, 6.45) is 0.516. The van der Waals surface area contributed by atoms with Crippen LogP contribution in [0.2, 0.25) is 0 Å². The summed E-state index contributed by atoms with van der Waals surface area (Å²) >= 11 is 0. The third kappa shape index (κ3) is 4.21. The Morgan fingerprint density at radius 1 is 0.788 bits per heavy atom. The molecule has 2 saturated heterocycles. The lowest BCUT2D eigenvalue weighted by Crippen LogP contribution is -2.50. The van der Waals surface area contributed by atoms with Crippen molar-refractivity contribution in [1.82, 2.24) is 9.80 Å². The molecule has 0 aliphatic carbocycles. The minimum absolute atomic E-state index is 0.231. The molecule has 5 heteroatoms. The predicted octanol–water partition coefficient (Wildman–Crippen LogP) is 3.99. The van der Waals surface area contributed by atoms with Gasteiger partial charge in [0, 0.05) is 44.6 Å². The van der Waals surface area contributed by atoms with Gasteiger partial charge in [-0.3, -0.25) is 9.69 Å². The van der Waals surface area contributed by atoms with E-state index in [-0.39, 0.29) is 11.3 Å². The van der Waals surface area contributed by atoms with Crippen LogP contribution in [0.3, 0.4) is 0 Å². The Morgan fingerprint density at radius 2 is 1.36 bits per heavy atom. The van der Waals surface area contributed by atoms with Crippen molar-refractivity contribution >= 4 is 11.6 Å². The molecule has 2 aliphatic rings. The molecule has 0 N–H and O–H groups in total. The average molecular weight is 442 g/mol. The molecule has 2 fully saturated rings. The molecule has 0 spiro atoms. The van der Waals surface area contributed by atoms with Gasteiger partial charge in [0.2, 0.25) is 5.91 Å². The predicted molar refractivity (Wildman–Crippen MR) is 132 cm³/mol. The highest BCUT2D eigenvalue weighted by Gasteiger charge is 2.46. The van der Waals surface area contributed by atoms with Crippen LogP contribution in [-0.2, 0) is 10.2 Å². The van der Waals surface area contributed by atoms with Gasteiger partial charge in [-0.1, -0.05) is 72.8 Å². The van der Waals surface area contributed by atoms with Crippen molar-refractivity contribution in [2.75, 3.05) is 51.4 Å². The number of ether oxygens (including phenoxy) is 1. The van der Waals surface area contributed by atoms with Crippen LogP contribution >= 0.6 is 0 Å². The highest BCUT2D eigenvalue weighted by atomic mass is 16.5. The molecule has 3 aromatic rings. The standard InChI is InChI=1S/C28H31N3O2/c1-33-26-15-9-8-14-25(26)30-18-16-29(17-19-30)22-31-21-28(20-27(31)32,23-10-4-2-5-11-23)24-12-6-3-7-13-24/h2-15H,16-22H2,1H3. The van der Waals surface area contributed by atoms with Gasteiger partial charge < -0.3 is 14.5 Å². The number of anilines is 1. The summed E-state index contributed by atoms with van der Waals surface area (Å²) in [5, 5.41) is 0. The maximum atomic E-state index is 13.3. The van der Waals surface area contributed by atoms with Gasteiger partial charge in [0.25, 0.3) is 0 Å². The van der Waals surface area contributed by atoms with Crippen molar-refractivity contribution in [3.05, 3.63) is 96.1 Å². The number of benzene rings is 3. The average Bonchev–Trinajstić information content (AvgIpc) is 3.22. The van der Waals surface area contributed by atoms with E-state index in [0.29, 0.717) is 19.6 Å². The number of hydrogen-bond donors (Lipinski definition) is 0. The normalized spacial score (nSPS) is 18.5. The molecule has 2 heterocycles. The zero-order valence-electron chi connectivity index (χ0n) is 19.2. The Labute approximate surface area is 196 Å². The van der Waals surface area contributed by atoms with Gasteiger partial charge in [-0.15, -0.1) is 0 Å². The summed E-state index contributed by atoms with van der Waals surface area (Å²) < 4.78 is 5.55. The van der Waals surface area contributed by atoms with E-state index in [9.17, 15) is 4.79 Å². The number of para-hydroxylation sites is 2. The second-order valence-electron chi connectivity index (χ2n) is 9.00. The Balaban J connectivity index is 1.30. The molecule has 0 bridgehead atoms. The molecular weight excluding hydrogens is 410 g/mol. The van der Waals surface area contributed by atoms with E-state index in [2.05, 4.69) is 75.4 Å². The van der Waals surface area contributed by atoms with Crippen LogP contribution in [0.4, 0.5) is 5.69 Å². The monoisotopic (exact) mass is 441 g/mol. The number of piperazine rings is 1. The Morgan fingerprint density at radius 3 is 1.97 bits per heavy atom. The van der Waals surface area contributed by atoms with Crippen LogP contribution in [-0.4, -0.2) is 62.2 Å². The lowest BCUT2D eigenvalue weighted by atomic mass is 9.74. The fourth-order valence-corrected chi connectivity index (χ4v) is 5.30. The molecule has 0 aromatic heterocycles. The first kappa shape index (κ1) is 21.5. The van der Waals surface area contributed by atoms with Gasteiger partial charge in [-0.2, -0.15) is 0 Å². The zero-order valence-corrected chi connectivity index (χ0v) is 19.2. The van der Waals surface area contributed by atoms with Crippen LogP contribution in [0.5, 0.6) is 5.75 Å². The molecule has 1 amide bonds. The molecule has 5 nitrogen and oxygen atoms in total. The van der Waals surface area contributed by atoms with Gasteiger partial charge in [0.05, 0.1) is 19.5 Å². The van der Waals surface area contributed by atoms with Gasteiger partial charge in [0.15, 0.2) is 0 Å². The Kier molecular flexibility index (Phi) is 6.05. The fourth-order valence-electron chi connectivity index (χ4n) is 5.30. The SMILES string of the molecule is COc1ccccc1N1CCN(CN2CC(c3ccccc3)(c3ccccc3)CC2=O)CC1. The largest absolute Gasteiger partial charge is 0.495 e. The highest BCUT2D eigenvalue weighted by Crippen LogP contribution is 2.41. The van der Waals surface area contributed by atoms with Crippen molar-refractivity contribution in [3.8, 4) is 5.75 Å². The lowest BCUT2D eigenvalue weighted by molar-refractivity contribution is -0.129. The number of carbonyl (C=O) groups is 1. The zero-order chi connectivity index (χ0) is 22.7. The topological polar surface area (TPSA) is 36.0 Å². The quantitative estimate of drug-likeness (QED) is 0.580. The molecule has 0 atom stereocenters. The first-order chi connectivity index (χ1) is 16.2. The highest BCUT2D eigenvalue weighted by molar-refractivity contribution is 5.82. The summed E-state index contributed by atoms with van der Waals surface area (Å²) in [6.45, 7) is 5.08. The van der Waals surface area contributed by atoms with E-state index in [1.165, 1.54) is 11.1 Å². The van der Waals surface area contributed by atoms with E-state index in [4.69, 9.17) is 4.74 Å². The minimum atomic E-state index is -0.293. The van der Waals surface area contributed by atoms with Crippen LogP contribution < -0.4 is 9.64 Å². The maximum Gasteiger partial charge on any atom is 0.224 e. The molecule has 5 rings (SSSR count). The first-order valence-electron chi connectivity index (χ1n) is 11.7. The van der Waals surface area contributed by atoms with Crippen molar-refractivity contribution in [2.45, 2.75) is 11.8 Å². The van der Waals surface area contributed by atoms with Gasteiger partial charge in [-0.25, -0.2) is 0 Å². The van der Waals surface area contributed by atoms with Crippen LogP contribution in [0.1, 0.15) is 17.5 Å². The van der Waals surface area contributed by atoms with Gasteiger partial charge >= 0.3 is 0 Å². The smallest absolute Gasteiger partial charge is 0.224 e. The number of nitrogens with zero attached hydrogens (tertiary/aromatic N) is 3. The maximum absolute atomic E-state index is 13.3. The van der Waals surface area contributed by atoms with Gasteiger partial charge in [0.1, 0.15) is 5.75 Å². The van der Waals surface area contributed by atoms with Crippen molar-refractivity contribution in [1.29, 1.82) is 0 Å². The number of amides is 1. The summed E-state index contributed by atoms with van der Waals surface area (Å²) in [4.78, 5) is 20.1. The molecule has 3 aromatic carbocycles. The van der Waals surface area contributed by atoms with E-state index in [1.54, 1.807) is 7.11 Å². The Hall–Kier alpha value is -3.31. The summed E-state index contributed by atoms with van der Waals surface area (Å²) in [5.41, 5.74) is 3.28. The summed E-state index contributed by atoms with van der Waals surface area (Å²) in [6, 6.07) is 29.2. The van der Waals surface area contributed by atoms with Crippen LogP contribution in [0.15, 0.2) is 84.9 Å². The number of hydrogen-bond acceptors (Lipinski definition) is 4. The van der Waals surface area contributed by atoms with E-state index >= 15 is 0 Å². The van der Waals surface area contributed by atoms with E-state index in [0.717, 1.165) is 37.6 Å². The van der Waals surface area contributed by atoms with Crippen molar-refractivity contribution in [3.63, 3.8) is 0 Å². The fraction of sp³-hybridized carbons (Fsp3) is 0.321. The van der Waals surface area contributed by atoms with E-state index in [1.807, 2.05) is 24.3 Å². The van der Waals surface area contributed by atoms with Crippen molar-refractivity contribution in [2.24, 2.45) is 0 Å². The second-order valence-corrected chi connectivity index (χ2v) is 9.00. The third-order valence-corrected chi connectivity index (χ3v) is 7.09.